The fraction of sp³-hybridized carbons (Fsp3) is 0.148. The normalized spacial score (nSPS) is 18.0. The van der Waals surface area contributed by atoms with Crippen LogP contribution in [0.3, 0.4) is 0 Å². The minimum absolute atomic E-state index is 0. The van der Waals surface area contributed by atoms with Crippen molar-refractivity contribution < 1.29 is 121 Å². The monoisotopic (exact) mass is 778 g/mol. The molecule has 0 aromatic heterocycles. The van der Waals surface area contributed by atoms with E-state index in [4.69, 9.17) is 14.2 Å². The number of carbonyl (C=O) groups excluding carboxylic acids is 3. The number of ether oxygens (including phenoxy) is 3. The van der Waals surface area contributed by atoms with Crippen LogP contribution in [-0.2, 0) is 52.5 Å². The van der Waals surface area contributed by atoms with Gasteiger partial charge in [-0.1, -0.05) is 0 Å². The number of benzene rings is 3. The minimum Gasteiger partial charge on any atom is -0.596 e. The van der Waals surface area contributed by atoms with Crippen LogP contribution in [-0.4, -0.2) is 107 Å². The summed E-state index contributed by atoms with van der Waals surface area (Å²) in [6, 6.07) is 3.45. The molecule has 21 nitrogen and oxygen atoms in total. The first-order valence-corrected chi connectivity index (χ1v) is 14.2. The van der Waals surface area contributed by atoms with Crippen LogP contribution >= 0.6 is 0 Å². The largest absolute Gasteiger partial charge is 2.00 e. The molecule has 0 unspecified atom stereocenters. The van der Waals surface area contributed by atoms with Gasteiger partial charge in [0.15, 0.2) is 57.5 Å². The Morgan fingerprint density at radius 3 is 1.52 bits per heavy atom. The fourth-order valence-electron chi connectivity index (χ4n) is 3.92. The molecule has 4 rings (SSSR count). The first-order chi connectivity index (χ1) is 22.7. The molecule has 1 saturated heterocycles. The molecule has 1 aliphatic rings. The molecular weight excluding hydrogens is 758 g/mol. The van der Waals surface area contributed by atoms with Gasteiger partial charge in [0.1, 0.15) is 6.10 Å². The van der Waals surface area contributed by atoms with Gasteiger partial charge in [-0.3, -0.25) is 6.42 Å². The third-order valence-electron chi connectivity index (χ3n) is 6.28. The van der Waals surface area contributed by atoms with Crippen LogP contribution in [0.4, 0.5) is 0 Å². The molecule has 0 spiro atoms. The molecule has 1 heterocycles. The first kappa shape index (κ1) is 39.1. The Hall–Kier alpha value is -5.32. The summed E-state index contributed by atoms with van der Waals surface area (Å²) in [5.74, 6) is -17.8. The summed E-state index contributed by atoms with van der Waals surface area (Å²) in [5, 5.41) is 109. The van der Waals surface area contributed by atoms with Crippen LogP contribution in [0.5, 0.6) is 51.7 Å². The van der Waals surface area contributed by atoms with Gasteiger partial charge in [-0.05, 0) is 49.1 Å². The van der Waals surface area contributed by atoms with Crippen molar-refractivity contribution in [3.63, 3.8) is 0 Å². The average molecular weight is 780 g/mol. The van der Waals surface area contributed by atoms with Crippen LogP contribution in [0.1, 0.15) is 31.1 Å². The Morgan fingerprint density at radius 1 is 0.720 bits per heavy atom. The number of phenols is 9. The molecule has 1 fully saturated rings. The summed E-state index contributed by atoms with van der Waals surface area (Å²) in [6.07, 6.45) is -6.54. The number of carbonyl (C=O) groups is 3. The predicted molar refractivity (Wildman–Crippen MR) is 149 cm³/mol. The van der Waals surface area contributed by atoms with Crippen LogP contribution in [0, 0.1) is 12.7 Å². The second kappa shape index (κ2) is 14.7. The third-order valence-corrected chi connectivity index (χ3v) is 7.10. The van der Waals surface area contributed by atoms with E-state index in [-0.39, 0.29) is 19.5 Å². The summed E-state index contributed by atoms with van der Waals surface area (Å²) >= 11 is 0. The Bertz CT molecular complexity index is 1860. The third kappa shape index (κ3) is 8.10. The summed E-state index contributed by atoms with van der Waals surface area (Å²) in [6.45, 7) is -0.998. The molecule has 0 radical (unpaired) electrons. The van der Waals surface area contributed by atoms with Crippen molar-refractivity contribution in [1.29, 1.82) is 0 Å². The van der Waals surface area contributed by atoms with Gasteiger partial charge in [0.05, 0.1) is 23.0 Å². The summed E-state index contributed by atoms with van der Waals surface area (Å²) in [7, 11) is -5.42. The SMILES string of the molecule is O=C(OC[CH-][C@H](O)[C@H](OC(=O)c1cc(O)c(O)c(O)c1)[C@@]1(O)OS(=O)(=O)O[C-]1OC(=O)c1cc(O)c(O)c(O)c1)c1cc(O)c(O)c(O)c1.[Zn+2]. The molecule has 23 heteroatoms. The zero-order valence-corrected chi connectivity index (χ0v) is 28.3. The molecule has 11 N–H and O–H groups in total. The average Bonchev–Trinajstić information content (AvgIpc) is 3.26. The van der Waals surface area contributed by atoms with Crippen molar-refractivity contribution in [2.75, 3.05) is 6.61 Å². The van der Waals surface area contributed by atoms with Crippen molar-refractivity contribution in [3.8, 4) is 51.7 Å². The van der Waals surface area contributed by atoms with E-state index < -0.39 is 128 Å². The number of rotatable bonds is 10. The van der Waals surface area contributed by atoms with Gasteiger partial charge < -0.3 is 74.6 Å². The van der Waals surface area contributed by atoms with E-state index >= 15 is 0 Å². The minimum atomic E-state index is -5.42. The van der Waals surface area contributed by atoms with E-state index in [2.05, 4.69) is 8.37 Å². The molecule has 0 amide bonds. The van der Waals surface area contributed by atoms with E-state index in [0.29, 0.717) is 42.8 Å². The van der Waals surface area contributed by atoms with Gasteiger partial charge in [0, 0.05) is 0 Å². The van der Waals surface area contributed by atoms with E-state index in [1.54, 1.807) is 0 Å². The second-order valence-electron chi connectivity index (χ2n) is 9.69. The smallest absolute Gasteiger partial charge is 0.596 e. The number of esters is 3. The maximum absolute atomic E-state index is 13.0. The Labute approximate surface area is 291 Å². The number of aromatic hydroxyl groups is 9. The van der Waals surface area contributed by atoms with Gasteiger partial charge in [-0.25, -0.2) is 18.6 Å². The first-order valence-electron chi connectivity index (χ1n) is 12.9. The Morgan fingerprint density at radius 2 is 1.10 bits per heavy atom. The molecule has 0 aliphatic carbocycles. The van der Waals surface area contributed by atoms with Crippen LogP contribution in [0.2, 0.25) is 0 Å². The standard InChI is InChI=1S/C27H22O21S.Zn/c28-12(1-2-44-23(38)9-3-13(29)19(35)14(30)4-9)22(45-24(39)10-5-15(31)20(36)16(32)6-10)27(41)26(47-49(42,43)48-27)46-25(40)11-7-17(33)21(37)18(34)8-11;/h1,3-8,12,22,28-37,41H,2H2;/q-2;+2/t12-,22-,27+;/m0./s1. The number of hydrogen-bond acceptors (Lipinski definition) is 21. The number of aliphatic hydroxyl groups is 2. The van der Waals surface area contributed by atoms with Crippen molar-refractivity contribution in [2.45, 2.75) is 18.0 Å². The van der Waals surface area contributed by atoms with E-state index in [0.717, 1.165) is 0 Å². The van der Waals surface area contributed by atoms with E-state index in [1.807, 2.05) is 0 Å². The molecule has 1 aliphatic heterocycles. The second-order valence-corrected chi connectivity index (χ2v) is 10.8. The maximum atomic E-state index is 13.0. The molecule has 50 heavy (non-hydrogen) atoms. The van der Waals surface area contributed by atoms with Crippen molar-refractivity contribution in [3.05, 3.63) is 65.8 Å². The van der Waals surface area contributed by atoms with Crippen LogP contribution < -0.4 is 0 Å². The van der Waals surface area contributed by atoms with Crippen molar-refractivity contribution in [1.82, 2.24) is 0 Å². The molecule has 3 aromatic rings. The van der Waals surface area contributed by atoms with Crippen molar-refractivity contribution >= 4 is 28.3 Å². The molecule has 3 aromatic carbocycles. The molecule has 0 saturated carbocycles. The zero-order chi connectivity index (χ0) is 36.6. The zero-order valence-electron chi connectivity index (χ0n) is 24.5. The van der Waals surface area contributed by atoms with Gasteiger partial charge in [0.25, 0.3) is 0 Å². The van der Waals surface area contributed by atoms with E-state index in [1.165, 1.54) is 0 Å². The van der Waals surface area contributed by atoms with Crippen LogP contribution in [0.15, 0.2) is 36.4 Å². The Balaban J connectivity index is 0.00000676. The predicted octanol–water partition coefficient (Wildman–Crippen LogP) is -0.691. The van der Waals surface area contributed by atoms with Gasteiger partial charge in [-0.2, -0.15) is 8.42 Å². The Kier molecular flexibility index (Phi) is 11.5. The number of phenolic OH excluding ortho intramolecular Hbond substituents is 9. The topological polar surface area (TPSA) is 354 Å². The van der Waals surface area contributed by atoms with Crippen molar-refractivity contribution in [2.24, 2.45) is 0 Å². The molecular formula is C27H22O21SZn. The van der Waals surface area contributed by atoms with E-state index in [9.17, 15) is 79.0 Å². The maximum Gasteiger partial charge on any atom is 2.00 e. The fourth-order valence-corrected chi connectivity index (χ4v) is 4.76. The number of aliphatic hydroxyl groups excluding tert-OH is 1. The summed E-state index contributed by atoms with van der Waals surface area (Å²) in [4.78, 5) is 38.1. The summed E-state index contributed by atoms with van der Waals surface area (Å²) < 4.78 is 47.9. The molecule has 0 bridgehead atoms. The summed E-state index contributed by atoms with van der Waals surface area (Å²) in [5.41, 5.74) is -2.14. The quantitative estimate of drug-likeness (QED) is 0.0399. The van der Waals surface area contributed by atoms with Gasteiger partial charge in [-0.15, -0.1) is 0 Å². The van der Waals surface area contributed by atoms with Gasteiger partial charge >= 0.3 is 47.8 Å². The molecule has 264 valence electrons. The van der Waals surface area contributed by atoms with Crippen LogP contribution in [0.25, 0.3) is 0 Å². The van der Waals surface area contributed by atoms with Gasteiger partial charge in [0.2, 0.25) is 0 Å². The molecule has 3 atom stereocenters. The number of hydrogen-bond donors (Lipinski definition) is 11.